The van der Waals surface area contributed by atoms with Crippen LogP contribution in [0.1, 0.15) is 11.1 Å². The first-order chi connectivity index (χ1) is 9.56. The summed E-state index contributed by atoms with van der Waals surface area (Å²) in [5.41, 5.74) is 2.81. The number of carboxylic acid groups (broad SMARTS) is 1. The van der Waals surface area contributed by atoms with E-state index in [-0.39, 0.29) is 0 Å². The minimum Gasteiger partial charge on any atom is -0.478 e. The molecule has 2 aromatic rings. The van der Waals surface area contributed by atoms with Gasteiger partial charge in [0.05, 0.1) is 0 Å². The molecule has 1 aromatic carbocycles. The van der Waals surface area contributed by atoms with Gasteiger partial charge in [0.15, 0.2) is 0 Å². The van der Waals surface area contributed by atoms with Gasteiger partial charge in [-0.3, -0.25) is 0 Å². The van der Waals surface area contributed by atoms with Gasteiger partial charge >= 0.3 is 5.97 Å². The van der Waals surface area contributed by atoms with Crippen LogP contribution in [0.3, 0.4) is 0 Å². The zero-order chi connectivity index (χ0) is 14.5. The molecule has 0 saturated carbocycles. The number of aryl methyl sites for hydroxylation is 1. The summed E-state index contributed by atoms with van der Waals surface area (Å²) in [5.74, 6) is -0.436. The average molecular weight is 269 g/mol. The van der Waals surface area contributed by atoms with Crippen LogP contribution in [0.5, 0.6) is 0 Å². The van der Waals surface area contributed by atoms with Crippen LogP contribution in [0.4, 0.5) is 11.6 Å². The smallest absolute Gasteiger partial charge is 0.328 e. The second-order valence-electron chi connectivity index (χ2n) is 4.39. The van der Waals surface area contributed by atoms with Crippen molar-refractivity contribution in [2.24, 2.45) is 0 Å². The van der Waals surface area contributed by atoms with E-state index in [9.17, 15) is 4.79 Å². The fourth-order valence-electron chi connectivity index (χ4n) is 1.71. The third-order valence-corrected chi connectivity index (χ3v) is 2.77. The van der Waals surface area contributed by atoms with Crippen LogP contribution in [0, 0.1) is 6.92 Å². The van der Waals surface area contributed by atoms with Crippen LogP contribution in [-0.4, -0.2) is 28.1 Å². The summed E-state index contributed by atoms with van der Waals surface area (Å²) in [6.07, 6.45) is 5.70. The maximum absolute atomic E-state index is 10.4. The molecule has 20 heavy (non-hydrogen) atoms. The summed E-state index contributed by atoms with van der Waals surface area (Å²) in [4.78, 5) is 20.8. The van der Waals surface area contributed by atoms with Gasteiger partial charge in [-0.05, 0) is 30.7 Å². The Bertz CT molecular complexity index is 636. The van der Waals surface area contributed by atoms with E-state index in [1.165, 1.54) is 6.08 Å². The molecule has 0 bridgehead atoms. The van der Waals surface area contributed by atoms with E-state index in [0.717, 1.165) is 17.3 Å². The minimum atomic E-state index is -0.994. The molecule has 1 aromatic heterocycles. The Morgan fingerprint density at radius 1 is 1.30 bits per heavy atom. The van der Waals surface area contributed by atoms with Gasteiger partial charge in [-0.25, -0.2) is 14.8 Å². The molecule has 0 aliphatic heterocycles. The van der Waals surface area contributed by atoms with Crippen LogP contribution in [0.2, 0.25) is 0 Å². The van der Waals surface area contributed by atoms with Crippen molar-refractivity contribution in [3.8, 4) is 0 Å². The Morgan fingerprint density at radius 2 is 2.00 bits per heavy atom. The molecular formula is C15H15N3O2. The van der Waals surface area contributed by atoms with E-state index in [4.69, 9.17) is 5.11 Å². The van der Waals surface area contributed by atoms with E-state index < -0.39 is 5.97 Å². The first-order valence-electron chi connectivity index (χ1n) is 6.10. The summed E-state index contributed by atoms with van der Waals surface area (Å²) in [6, 6.07) is 8.03. The van der Waals surface area contributed by atoms with Crippen molar-refractivity contribution in [2.45, 2.75) is 6.92 Å². The molecular weight excluding hydrogens is 254 g/mol. The molecule has 5 heteroatoms. The van der Waals surface area contributed by atoms with E-state index >= 15 is 0 Å². The van der Waals surface area contributed by atoms with Crippen molar-refractivity contribution in [2.75, 3.05) is 11.9 Å². The predicted octanol–water partition coefficient (Wildman–Crippen LogP) is 2.65. The van der Waals surface area contributed by atoms with Crippen molar-refractivity contribution in [3.63, 3.8) is 0 Å². The summed E-state index contributed by atoms with van der Waals surface area (Å²) in [6.45, 7) is 2.03. The molecule has 1 N–H and O–H groups in total. The zero-order valence-electron chi connectivity index (χ0n) is 11.3. The van der Waals surface area contributed by atoms with Crippen molar-refractivity contribution < 1.29 is 9.90 Å². The lowest BCUT2D eigenvalue weighted by atomic mass is 10.2. The van der Waals surface area contributed by atoms with Crippen molar-refractivity contribution in [1.29, 1.82) is 0 Å². The molecule has 0 atom stereocenters. The van der Waals surface area contributed by atoms with Gasteiger partial charge in [-0.2, -0.15) is 0 Å². The normalized spacial score (nSPS) is 10.7. The highest BCUT2D eigenvalue weighted by molar-refractivity contribution is 5.85. The van der Waals surface area contributed by atoms with Gasteiger partial charge in [0.1, 0.15) is 0 Å². The van der Waals surface area contributed by atoms with Crippen LogP contribution in [0.15, 0.2) is 42.7 Å². The van der Waals surface area contributed by atoms with Crippen molar-refractivity contribution in [1.82, 2.24) is 9.97 Å². The average Bonchev–Trinajstić information content (AvgIpc) is 2.45. The van der Waals surface area contributed by atoms with Crippen LogP contribution >= 0.6 is 0 Å². The number of nitrogens with zero attached hydrogens (tertiary/aromatic N) is 3. The lowest BCUT2D eigenvalue weighted by molar-refractivity contribution is -0.131. The lowest BCUT2D eigenvalue weighted by Crippen LogP contribution is -2.12. The van der Waals surface area contributed by atoms with Crippen LogP contribution in [0.25, 0.3) is 6.08 Å². The SMILES string of the molecule is Cc1cccc(N(C)c2ncc(/C=C/C(=O)O)cn2)c1. The van der Waals surface area contributed by atoms with Crippen LogP contribution in [-0.2, 0) is 4.79 Å². The van der Waals surface area contributed by atoms with Crippen molar-refractivity contribution in [3.05, 3.63) is 53.9 Å². The Balaban J connectivity index is 2.19. The quantitative estimate of drug-likeness (QED) is 0.864. The fourth-order valence-corrected chi connectivity index (χ4v) is 1.71. The third kappa shape index (κ3) is 3.41. The Morgan fingerprint density at radius 3 is 2.60 bits per heavy atom. The van der Waals surface area contributed by atoms with Gasteiger partial charge < -0.3 is 10.0 Å². The molecule has 0 saturated heterocycles. The molecule has 102 valence electrons. The molecule has 0 radical (unpaired) electrons. The number of carboxylic acids is 1. The topological polar surface area (TPSA) is 66.3 Å². The number of benzene rings is 1. The van der Waals surface area contributed by atoms with Crippen molar-refractivity contribution >= 4 is 23.7 Å². The van der Waals surface area contributed by atoms with Gasteiger partial charge in [0, 0.05) is 36.8 Å². The lowest BCUT2D eigenvalue weighted by Gasteiger charge is -2.17. The molecule has 0 unspecified atom stereocenters. The van der Waals surface area contributed by atoms with E-state index in [2.05, 4.69) is 9.97 Å². The van der Waals surface area contributed by atoms with Gasteiger partial charge in [0.2, 0.25) is 5.95 Å². The molecule has 0 spiro atoms. The first kappa shape index (κ1) is 13.7. The standard InChI is InChI=1S/C15H15N3O2/c1-11-4-3-5-13(8-11)18(2)15-16-9-12(10-17-15)6-7-14(19)20/h3-10H,1-2H3,(H,19,20)/b7-6+. The van der Waals surface area contributed by atoms with Gasteiger partial charge in [-0.15, -0.1) is 0 Å². The number of aliphatic carboxylic acids is 1. The number of anilines is 2. The molecule has 0 amide bonds. The van der Waals surface area contributed by atoms with E-state index in [1.807, 2.05) is 43.1 Å². The molecule has 2 rings (SSSR count). The van der Waals surface area contributed by atoms with E-state index in [0.29, 0.717) is 11.5 Å². The number of carbonyl (C=O) groups is 1. The molecule has 1 heterocycles. The highest BCUT2D eigenvalue weighted by Gasteiger charge is 2.06. The summed E-state index contributed by atoms with van der Waals surface area (Å²) >= 11 is 0. The number of hydrogen-bond donors (Lipinski definition) is 1. The highest BCUT2D eigenvalue weighted by Crippen LogP contribution is 2.20. The second-order valence-corrected chi connectivity index (χ2v) is 4.39. The first-order valence-corrected chi connectivity index (χ1v) is 6.10. The number of rotatable bonds is 4. The molecule has 0 aliphatic rings. The highest BCUT2D eigenvalue weighted by atomic mass is 16.4. The Hall–Kier alpha value is -2.69. The zero-order valence-corrected chi connectivity index (χ0v) is 11.3. The molecule has 0 aliphatic carbocycles. The minimum absolute atomic E-state index is 0.558. The predicted molar refractivity (Wildman–Crippen MR) is 77.9 cm³/mol. The monoisotopic (exact) mass is 269 g/mol. The second kappa shape index (κ2) is 5.97. The number of hydrogen-bond acceptors (Lipinski definition) is 4. The summed E-state index contributed by atoms with van der Waals surface area (Å²) in [7, 11) is 1.89. The Kier molecular flexibility index (Phi) is 4.10. The maximum Gasteiger partial charge on any atom is 0.328 e. The third-order valence-electron chi connectivity index (χ3n) is 2.77. The Labute approximate surface area is 117 Å². The van der Waals surface area contributed by atoms with E-state index in [1.54, 1.807) is 12.4 Å². The summed E-state index contributed by atoms with van der Waals surface area (Å²) < 4.78 is 0. The van der Waals surface area contributed by atoms with Gasteiger partial charge in [-0.1, -0.05) is 12.1 Å². The largest absolute Gasteiger partial charge is 0.478 e. The summed E-state index contributed by atoms with van der Waals surface area (Å²) in [5, 5.41) is 8.56. The fraction of sp³-hybridized carbons (Fsp3) is 0.133. The van der Waals surface area contributed by atoms with Gasteiger partial charge in [0.25, 0.3) is 0 Å². The van der Waals surface area contributed by atoms with Crippen LogP contribution < -0.4 is 4.90 Å². The molecule has 0 fully saturated rings. The maximum atomic E-state index is 10.4. The molecule has 5 nitrogen and oxygen atoms in total. The number of aromatic nitrogens is 2.